The minimum Gasteiger partial charge on any atom is -0.331 e. The minimum absolute atomic E-state index is 0.197. The van der Waals surface area contributed by atoms with Crippen LogP contribution < -0.4 is 0 Å². The summed E-state index contributed by atoms with van der Waals surface area (Å²) in [6.45, 7) is 0.862. The van der Waals surface area contributed by atoms with Crippen molar-refractivity contribution in [3.8, 4) is 0 Å². The number of nitrogens with zero attached hydrogens (tertiary/aromatic N) is 3. The molecule has 1 atom stereocenters. The van der Waals surface area contributed by atoms with Gasteiger partial charge in [-0.1, -0.05) is 0 Å². The molecule has 110 valence electrons. The van der Waals surface area contributed by atoms with Crippen LogP contribution in [0.5, 0.6) is 0 Å². The lowest BCUT2D eigenvalue weighted by Crippen LogP contribution is -2.29. The predicted molar refractivity (Wildman–Crippen MR) is 82.6 cm³/mol. The number of amides is 1. The van der Waals surface area contributed by atoms with E-state index in [0.717, 1.165) is 42.7 Å². The molecule has 5 heteroatoms. The summed E-state index contributed by atoms with van der Waals surface area (Å²) in [4.78, 5) is 17.2. The first kappa shape index (κ1) is 13.1. The van der Waals surface area contributed by atoms with E-state index in [0.29, 0.717) is 0 Å². The molecule has 0 unspecified atom stereocenters. The van der Waals surface area contributed by atoms with E-state index in [9.17, 15) is 4.79 Å². The molecular formula is C16H19N3OS. The molecule has 0 saturated carbocycles. The fourth-order valence-corrected chi connectivity index (χ4v) is 4.75. The summed E-state index contributed by atoms with van der Waals surface area (Å²) < 4.78 is 1.82. The molecule has 2 aromatic heterocycles. The minimum atomic E-state index is 0.197. The van der Waals surface area contributed by atoms with Gasteiger partial charge in [-0.25, -0.2) is 0 Å². The van der Waals surface area contributed by atoms with Crippen molar-refractivity contribution < 1.29 is 4.79 Å². The summed E-state index contributed by atoms with van der Waals surface area (Å²) in [6, 6.07) is 2.33. The van der Waals surface area contributed by atoms with E-state index in [1.54, 1.807) is 11.3 Å². The van der Waals surface area contributed by atoms with E-state index >= 15 is 0 Å². The molecule has 21 heavy (non-hydrogen) atoms. The fraction of sp³-hybridized carbons (Fsp3) is 0.500. The molecular weight excluding hydrogens is 282 g/mol. The summed E-state index contributed by atoms with van der Waals surface area (Å²) in [5.74, 6) is 0.209. The Balaban J connectivity index is 1.60. The zero-order valence-electron chi connectivity index (χ0n) is 12.2. The van der Waals surface area contributed by atoms with Crippen LogP contribution in [0.3, 0.4) is 0 Å². The van der Waals surface area contributed by atoms with Crippen LogP contribution in [0.4, 0.5) is 0 Å². The van der Waals surface area contributed by atoms with Gasteiger partial charge < -0.3 is 4.90 Å². The second-order valence-corrected chi connectivity index (χ2v) is 7.15. The molecule has 1 fully saturated rings. The van der Waals surface area contributed by atoms with Crippen LogP contribution >= 0.6 is 11.3 Å². The summed E-state index contributed by atoms with van der Waals surface area (Å²) in [7, 11) is 1.93. The van der Waals surface area contributed by atoms with Gasteiger partial charge in [0, 0.05) is 30.2 Å². The van der Waals surface area contributed by atoms with Gasteiger partial charge in [0.2, 0.25) is 0 Å². The van der Waals surface area contributed by atoms with Crippen LogP contribution in [0, 0.1) is 0 Å². The number of thiophene rings is 1. The molecule has 0 aromatic carbocycles. The Labute approximate surface area is 128 Å². The Morgan fingerprint density at radius 1 is 1.38 bits per heavy atom. The number of hydrogen-bond donors (Lipinski definition) is 0. The highest BCUT2D eigenvalue weighted by Gasteiger charge is 2.32. The van der Waals surface area contributed by atoms with Gasteiger partial charge in [0.1, 0.15) is 0 Å². The molecule has 1 saturated heterocycles. The molecule has 1 aliphatic carbocycles. The number of aromatic nitrogens is 2. The third-order valence-corrected chi connectivity index (χ3v) is 5.81. The number of rotatable bonds is 2. The SMILES string of the molecule is Cn1cc([C@H]2CCCN2C(=O)c2cc3c(s2)CCC3)cn1. The van der Waals surface area contributed by atoms with Gasteiger partial charge in [0.15, 0.2) is 0 Å². The maximum atomic E-state index is 12.9. The van der Waals surface area contributed by atoms with Crippen molar-refractivity contribution in [2.75, 3.05) is 6.54 Å². The van der Waals surface area contributed by atoms with Crippen molar-refractivity contribution >= 4 is 17.2 Å². The van der Waals surface area contributed by atoms with Crippen LogP contribution in [-0.2, 0) is 19.9 Å². The molecule has 0 spiro atoms. The maximum Gasteiger partial charge on any atom is 0.264 e. The lowest BCUT2D eigenvalue weighted by atomic mass is 10.1. The molecule has 4 nitrogen and oxygen atoms in total. The average Bonchev–Trinajstić information content (AvgIpc) is 3.20. The van der Waals surface area contributed by atoms with Crippen molar-refractivity contribution in [3.05, 3.63) is 39.3 Å². The lowest BCUT2D eigenvalue weighted by molar-refractivity contribution is 0.0740. The Bertz CT molecular complexity index is 666. The van der Waals surface area contributed by atoms with Crippen molar-refractivity contribution in [2.24, 2.45) is 7.05 Å². The van der Waals surface area contributed by atoms with Gasteiger partial charge in [-0.15, -0.1) is 11.3 Å². The van der Waals surface area contributed by atoms with Gasteiger partial charge in [-0.05, 0) is 43.7 Å². The zero-order chi connectivity index (χ0) is 14.4. The van der Waals surface area contributed by atoms with Crippen molar-refractivity contribution in [1.82, 2.24) is 14.7 Å². The summed E-state index contributed by atoms with van der Waals surface area (Å²) in [5.41, 5.74) is 2.56. The van der Waals surface area contributed by atoms with E-state index in [2.05, 4.69) is 11.2 Å². The topological polar surface area (TPSA) is 38.1 Å². The number of hydrogen-bond acceptors (Lipinski definition) is 3. The maximum absolute atomic E-state index is 12.9. The molecule has 0 N–H and O–H groups in total. The molecule has 2 aromatic rings. The van der Waals surface area contributed by atoms with Crippen LogP contribution in [-0.4, -0.2) is 27.1 Å². The molecule has 2 aliphatic rings. The molecule has 0 radical (unpaired) electrons. The molecule has 1 amide bonds. The molecule has 1 aliphatic heterocycles. The first-order valence-corrected chi connectivity index (χ1v) is 8.45. The zero-order valence-corrected chi connectivity index (χ0v) is 13.0. The highest BCUT2D eigenvalue weighted by atomic mass is 32.1. The molecule has 0 bridgehead atoms. The van der Waals surface area contributed by atoms with Crippen molar-refractivity contribution in [2.45, 2.75) is 38.1 Å². The quantitative estimate of drug-likeness (QED) is 0.855. The highest BCUT2D eigenvalue weighted by Crippen LogP contribution is 2.36. The third kappa shape index (κ3) is 2.20. The number of aryl methyl sites for hydroxylation is 3. The standard InChI is InChI=1S/C16H19N3OS/c1-18-10-12(9-17-18)13-5-3-7-19(13)16(20)15-8-11-4-2-6-14(11)21-15/h8-10,13H,2-7H2,1H3/t13-/m1/s1. The van der Waals surface area contributed by atoms with E-state index in [-0.39, 0.29) is 11.9 Å². The van der Waals surface area contributed by atoms with Gasteiger partial charge in [0.25, 0.3) is 5.91 Å². The predicted octanol–water partition coefficient (Wildman–Crippen LogP) is 2.95. The highest BCUT2D eigenvalue weighted by molar-refractivity contribution is 7.14. The Morgan fingerprint density at radius 2 is 2.29 bits per heavy atom. The lowest BCUT2D eigenvalue weighted by Gasteiger charge is -2.23. The smallest absolute Gasteiger partial charge is 0.264 e. The van der Waals surface area contributed by atoms with E-state index in [1.165, 1.54) is 16.9 Å². The number of carbonyl (C=O) groups is 1. The summed E-state index contributed by atoms with van der Waals surface area (Å²) in [6.07, 6.45) is 9.59. The summed E-state index contributed by atoms with van der Waals surface area (Å²) >= 11 is 1.71. The largest absolute Gasteiger partial charge is 0.331 e. The second-order valence-electron chi connectivity index (χ2n) is 6.02. The van der Waals surface area contributed by atoms with Gasteiger partial charge >= 0.3 is 0 Å². The number of likely N-dealkylation sites (tertiary alicyclic amines) is 1. The number of fused-ring (bicyclic) bond motifs is 1. The number of carbonyl (C=O) groups excluding carboxylic acids is 1. The summed E-state index contributed by atoms with van der Waals surface area (Å²) in [5, 5.41) is 4.25. The average molecular weight is 301 g/mol. The third-order valence-electron chi connectivity index (χ3n) is 4.58. The monoisotopic (exact) mass is 301 g/mol. The fourth-order valence-electron chi connectivity index (χ4n) is 3.54. The van der Waals surface area contributed by atoms with Crippen LogP contribution in [0.2, 0.25) is 0 Å². The van der Waals surface area contributed by atoms with Gasteiger partial charge in [-0.2, -0.15) is 5.10 Å². The molecule has 3 heterocycles. The molecule has 4 rings (SSSR count). The van der Waals surface area contributed by atoms with Crippen LogP contribution in [0.1, 0.15) is 51.0 Å². The van der Waals surface area contributed by atoms with E-state index in [1.807, 2.05) is 29.0 Å². The first-order valence-electron chi connectivity index (χ1n) is 7.63. The van der Waals surface area contributed by atoms with E-state index < -0.39 is 0 Å². The van der Waals surface area contributed by atoms with Crippen LogP contribution in [0.15, 0.2) is 18.5 Å². The van der Waals surface area contributed by atoms with Crippen LogP contribution in [0.25, 0.3) is 0 Å². The second kappa shape index (κ2) is 4.98. The van der Waals surface area contributed by atoms with Crippen molar-refractivity contribution in [1.29, 1.82) is 0 Å². The van der Waals surface area contributed by atoms with Gasteiger partial charge in [0.05, 0.1) is 17.1 Å². The Morgan fingerprint density at radius 3 is 3.05 bits per heavy atom. The van der Waals surface area contributed by atoms with Crippen molar-refractivity contribution in [3.63, 3.8) is 0 Å². The van der Waals surface area contributed by atoms with E-state index in [4.69, 9.17) is 0 Å². The first-order chi connectivity index (χ1) is 10.2. The van der Waals surface area contributed by atoms with Gasteiger partial charge in [-0.3, -0.25) is 9.48 Å². The Hall–Kier alpha value is -1.62. The normalized spacial score (nSPS) is 21.0. The Kier molecular flexibility index (Phi) is 3.10.